The van der Waals surface area contributed by atoms with Gasteiger partial charge in [-0.1, -0.05) is 31.2 Å². The van der Waals surface area contributed by atoms with Crippen molar-refractivity contribution in [3.8, 4) is 17.3 Å². The first kappa shape index (κ1) is 10.4. The summed E-state index contributed by atoms with van der Waals surface area (Å²) in [7, 11) is 0. The van der Waals surface area contributed by atoms with Crippen LogP contribution in [0.3, 0.4) is 0 Å². The second-order valence-corrected chi connectivity index (χ2v) is 3.63. The average molecular weight is 211 g/mol. The summed E-state index contributed by atoms with van der Waals surface area (Å²) in [5.74, 6) is 0.720. The van der Waals surface area contributed by atoms with Crippen LogP contribution in [0.15, 0.2) is 30.5 Å². The topological polar surface area (TPSA) is 52.5 Å². The van der Waals surface area contributed by atoms with Gasteiger partial charge in [0.2, 0.25) is 0 Å². The molecular weight excluding hydrogens is 198 g/mol. The van der Waals surface area contributed by atoms with Crippen LogP contribution in [-0.4, -0.2) is 9.97 Å². The molecule has 1 N–H and O–H groups in total. The number of aromatic nitrogens is 2. The lowest BCUT2D eigenvalue weighted by Crippen LogP contribution is -1.84. The summed E-state index contributed by atoms with van der Waals surface area (Å²) >= 11 is 0. The van der Waals surface area contributed by atoms with Gasteiger partial charge in [0.1, 0.15) is 5.82 Å². The molecule has 1 aromatic heterocycles. The summed E-state index contributed by atoms with van der Waals surface area (Å²) in [4.78, 5) is 7.28. The highest BCUT2D eigenvalue weighted by Gasteiger charge is 2.02. The number of nitriles is 1. The molecule has 0 aliphatic rings. The molecule has 3 heteroatoms. The van der Waals surface area contributed by atoms with Gasteiger partial charge in [0, 0.05) is 0 Å². The Labute approximate surface area is 94.8 Å². The number of benzene rings is 1. The number of aromatic amines is 1. The number of imidazole rings is 1. The monoisotopic (exact) mass is 211 g/mol. The van der Waals surface area contributed by atoms with Gasteiger partial charge in [0.05, 0.1) is 24.4 Å². The smallest absolute Gasteiger partial charge is 0.120 e. The fourth-order valence-corrected chi connectivity index (χ4v) is 1.59. The van der Waals surface area contributed by atoms with Gasteiger partial charge in [0.15, 0.2) is 0 Å². The van der Waals surface area contributed by atoms with Crippen molar-refractivity contribution in [3.63, 3.8) is 0 Å². The average Bonchev–Trinajstić information content (AvgIpc) is 2.78. The Kier molecular flexibility index (Phi) is 3.02. The lowest BCUT2D eigenvalue weighted by molar-refractivity contribution is 1.06. The number of hydrogen-bond acceptors (Lipinski definition) is 2. The molecule has 0 unspecified atom stereocenters. The molecule has 3 nitrogen and oxygen atoms in total. The van der Waals surface area contributed by atoms with Crippen LogP contribution in [0.4, 0.5) is 0 Å². The Morgan fingerprint density at radius 1 is 1.31 bits per heavy atom. The van der Waals surface area contributed by atoms with Crippen LogP contribution in [0, 0.1) is 11.3 Å². The lowest BCUT2D eigenvalue weighted by Gasteiger charge is -1.99. The number of nitrogens with one attached hydrogen (secondary N) is 1. The SMILES string of the molecule is CCc1ccc(-c2cnc(CC#N)[nH]2)cc1. The van der Waals surface area contributed by atoms with Crippen LogP contribution in [0.5, 0.6) is 0 Å². The highest BCUT2D eigenvalue weighted by molar-refractivity contribution is 5.58. The van der Waals surface area contributed by atoms with E-state index < -0.39 is 0 Å². The third kappa shape index (κ3) is 2.12. The van der Waals surface area contributed by atoms with Crippen LogP contribution in [0.1, 0.15) is 18.3 Å². The Balaban J connectivity index is 2.25. The van der Waals surface area contributed by atoms with Crippen LogP contribution in [0.25, 0.3) is 11.3 Å². The molecule has 80 valence electrons. The minimum atomic E-state index is 0.326. The second kappa shape index (κ2) is 4.63. The minimum absolute atomic E-state index is 0.326. The van der Waals surface area contributed by atoms with Crippen LogP contribution >= 0.6 is 0 Å². The van der Waals surface area contributed by atoms with Gasteiger partial charge in [-0.3, -0.25) is 0 Å². The fourth-order valence-electron chi connectivity index (χ4n) is 1.59. The maximum Gasteiger partial charge on any atom is 0.120 e. The molecule has 2 rings (SSSR count). The summed E-state index contributed by atoms with van der Waals surface area (Å²) in [6.45, 7) is 2.14. The minimum Gasteiger partial charge on any atom is -0.341 e. The zero-order valence-corrected chi connectivity index (χ0v) is 9.20. The molecule has 0 amide bonds. The van der Waals surface area contributed by atoms with E-state index in [1.807, 2.05) is 0 Å². The van der Waals surface area contributed by atoms with Crippen molar-refractivity contribution >= 4 is 0 Å². The van der Waals surface area contributed by atoms with E-state index in [4.69, 9.17) is 5.26 Å². The van der Waals surface area contributed by atoms with Gasteiger partial charge in [-0.2, -0.15) is 5.26 Å². The predicted molar refractivity (Wildman–Crippen MR) is 62.7 cm³/mol. The van der Waals surface area contributed by atoms with E-state index >= 15 is 0 Å². The summed E-state index contributed by atoms with van der Waals surface area (Å²) in [6.07, 6.45) is 3.14. The Bertz CT molecular complexity index is 503. The molecule has 0 bridgehead atoms. The van der Waals surface area contributed by atoms with E-state index in [2.05, 4.69) is 47.2 Å². The van der Waals surface area contributed by atoms with Crippen LogP contribution < -0.4 is 0 Å². The van der Waals surface area contributed by atoms with Crippen molar-refractivity contribution in [2.24, 2.45) is 0 Å². The summed E-state index contributed by atoms with van der Waals surface area (Å²) in [5.41, 5.74) is 3.39. The summed E-state index contributed by atoms with van der Waals surface area (Å²) in [5, 5.41) is 8.56. The Morgan fingerprint density at radius 3 is 2.69 bits per heavy atom. The molecular formula is C13H13N3. The van der Waals surface area contributed by atoms with Gasteiger partial charge in [-0.05, 0) is 17.5 Å². The summed E-state index contributed by atoms with van der Waals surface area (Å²) in [6, 6.07) is 10.4. The van der Waals surface area contributed by atoms with Crippen LogP contribution in [0.2, 0.25) is 0 Å². The van der Waals surface area contributed by atoms with Crippen molar-refractivity contribution in [2.45, 2.75) is 19.8 Å². The van der Waals surface area contributed by atoms with E-state index in [0.717, 1.165) is 23.5 Å². The van der Waals surface area contributed by atoms with E-state index in [9.17, 15) is 0 Å². The largest absolute Gasteiger partial charge is 0.341 e. The lowest BCUT2D eigenvalue weighted by atomic mass is 10.1. The van der Waals surface area contributed by atoms with E-state index in [0.29, 0.717) is 6.42 Å². The number of nitrogens with zero attached hydrogens (tertiary/aromatic N) is 2. The molecule has 0 saturated carbocycles. The Hall–Kier alpha value is -2.08. The van der Waals surface area contributed by atoms with Crippen molar-refractivity contribution in [1.29, 1.82) is 5.26 Å². The molecule has 1 heterocycles. The van der Waals surface area contributed by atoms with Gasteiger partial charge in [-0.25, -0.2) is 4.98 Å². The highest BCUT2D eigenvalue weighted by Crippen LogP contribution is 2.17. The van der Waals surface area contributed by atoms with Crippen molar-refractivity contribution in [1.82, 2.24) is 9.97 Å². The first-order valence-electron chi connectivity index (χ1n) is 5.33. The first-order valence-corrected chi connectivity index (χ1v) is 5.33. The Morgan fingerprint density at radius 2 is 2.06 bits per heavy atom. The molecule has 0 atom stereocenters. The van der Waals surface area contributed by atoms with E-state index in [-0.39, 0.29) is 0 Å². The fraction of sp³-hybridized carbons (Fsp3) is 0.231. The van der Waals surface area contributed by atoms with Gasteiger partial charge >= 0.3 is 0 Å². The highest BCUT2D eigenvalue weighted by atomic mass is 14.9. The van der Waals surface area contributed by atoms with E-state index in [1.54, 1.807) is 6.20 Å². The maximum absolute atomic E-state index is 8.56. The molecule has 16 heavy (non-hydrogen) atoms. The second-order valence-electron chi connectivity index (χ2n) is 3.63. The third-order valence-electron chi connectivity index (χ3n) is 2.55. The number of H-pyrrole nitrogens is 1. The molecule has 1 aromatic carbocycles. The molecule has 2 aromatic rings. The number of aryl methyl sites for hydroxylation is 1. The molecule has 0 aliphatic heterocycles. The predicted octanol–water partition coefficient (Wildman–Crippen LogP) is 2.71. The number of rotatable bonds is 3. The molecule has 0 aliphatic carbocycles. The van der Waals surface area contributed by atoms with Gasteiger partial charge in [0.25, 0.3) is 0 Å². The van der Waals surface area contributed by atoms with Crippen molar-refractivity contribution < 1.29 is 0 Å². The maximum atomic E-state index is 8.56. The third-order valence-corrected chi connectivity index (χ3v) is 2.55. The quantitative estimate of drug-likeness (QED) is 0.848. The van der Waals surface area contributed by atoms with Gasteiger partial charge < -0.3 is 4.98 Å². The van der Waals surface area contributed by atoms with Gasteiger partial charge in [-0.15, -0.1) is 0 Å². The molecule has 0 saturated heterocycles. The zero-order chi connectivity index (χ0) is 11.4. The zero-order valence-electron chi connectivity index (χ0n) is 9.20. The normalized spacial score (nSPS) is 10.0. The number of hydrogen-bond donors (Lipinski definition) is 1. The summed E-state index contributed by atoms with van der Waals surface area (Å²) < 4.78 is 0. The van der Waals surface area contributed by atoms with E-state index in [1.165, 1.54) is 5.56 Å². The standard InChI is InChI=1S/C13H13N3/c1-2-10-3-5-11(6-4-10)12-9-15-13(16-12)7-8-14/h3-6,9H,2,7H2,1H3,(H,15,16). The first-order chi connectivity index (χ1) is 7.83. The van der Waals surface area contributed by atoms with Crippen molar-refractivity contribution in [2.75, 3.05) is 0 Å². The molecule has 0 radical (unpaired) electrons. The molecule has 0 fully saturated rings. The molecule has 0 spiro atoms. The van der Waals surface area contributed by atoms with Crippen LogP contribution in [-0.2, 0) is 12.8 Å². The van der Waals surface area contributed by atoms with Crippen molar-refractivity contribution in [3.05, 3.63) is 41.9 Å².